The van der Waals surface area contributed by atoms with Gasteiger partial charge in [0.25, 0.3) is 0 Å². The highest BCUT2D eigenvalue weighted by molar-refractivity contribution is 5.99. The lowest BCUT2D eigenvalue weighted by Gasteiger charge is -2.31. The van der Waals surface area contributed by atoms with Gasteiger partial charge in [0.2, 0.25) is 0 Å². The largest absolute Gasteiger partial charge is 0.481 e. The predicted molar refractivity (Wildman–Crippen MR) is 63.4 cm³/mol. The van der Waals surface area contributed by atoms with Crippen LogP contribution in [-0.4, -0.2) is 50.1 Å². The molecule has 4 N–H and O–H groups in total. The van der Waals surface area contributed by atoms with Crippen molar-refractivity contribution in [3.05, 3.63) is 0 Å². The van der Waals surface area contributed by atoms with Gasteiger partial charge in [-0.3, -0.25) is 24.0 Å². The van der Waals surface area contributed by atoms with Crippen molar-refractivity contribution >= 4 is 29.7 Å². The molecule has 1 saturated carbocycles. The molecule has 0 aromatic carbocycles. The van der Waals surface area contributed by atoms with E-state index in [0.717, 1.165) is 0 Å². The first-order chi connectivity index (χ1) is 9.66. The van der Waals surface area contributed by atoms with Gasteiger partial charge in [-0.1, -0.05) is 0 Å². The lowest BCUT2D eigenvalue weighted by atomic mass is 9.70. The maximum atomic E-state index is 11.7. The van der Waals surface area contributed by atoms with Gasteiger partial charge in [-0.2, -0.15) is 0 Å². The number of rotatable bonds is 6. The molecule has 0 amide bonds. The molecular formula is C12H14O9. The molecule has 2 unspecified atom stereocenters. The summed E-state index contributed by atoms with van der Waals surface area (Å²) in [5, 5.41) is 35.6. The van der Waals surface area contributed by atoms with E-state index in [4.69, 9.17) is 20.4 Å². The molecule has 1 aliphatic carbocycles. The first-order valence-electron chi connectivity index (χ1n) is 6.10. The van der Waals surface area contributed by atoms with Crippen LogP contribution in [-0.2, 0) is 24.0 Å². The molecule has 0 spiro atoms. The first kappa shape index (κ1) is 16.6. The summed E-state index contributed by atoms with van der Waals surface area (Å²) in [7, 11) is 0. The second-order valence-corrected chi connectivity index (χ2v) is 4.92. The minimum absolute atomic E-state index is 0.0233. The van der Waals surface area contributed by atoms with Crippen molar-refractivity contribution in [3.63, 3.8) is 0 Å². The van der Waals surface area contributed by atoms with Crippen LogP contribution in [0.1, 0.15) is 19.3 Å². The highest BCUT2D eigenvalue weighted by atomic mass is 16.4. The molecule has 0 aromatic rings. The molecule has 1 rings (SSSR count). The Labute approximate surface area is 118 Å². The van der Waals surface area contributed by atoms with Crippen LogP contribution in [0.5, 0.6) is 0 Å². The van der Waals surface area contributed by atoms with Crippen LogP contribution in [0.15, 0.2) is 0 Å². The summed E-state index contributed by atoms with van der Waals surface area (Å²) in [4.78, 5) is 55.6. The zero-order valence-corrected chi connectivity index (χ0v) is 10.8. The maximum Gasteiger partial charge on any atom is 0.318 e. The zero-order valence-electron chi connectivity index (χ0n) is 10.8. The monoisotopic (exact) mass is 302 g/mol. The number of carbonyl (C=O) groups is 5. The molecule has 0 aromatic heterocycles. The Bertz CT molecular complexity index is 467. The summed E-state index contributed by atoms with van der Waals surface area (Å²) in [6, 6.07) is 0. The van der Waals surface area contributed by atoms with Crippen LogP contribution >= 0.6 is 0 Å². The summed E-state index contributed by atoms with van der Waals surface area (Å²) in [6.45, 7) is 0. The number of carbonyl (C=O) groups excluding carboxylic acids is 1. The Morgan fingerprint density at radius 3 is 1.67 bits per heavy atom. The Kier molecular flexibility index (Phi) is 5.01. The van der Waals surface area contributed by atoms with E-state index >= 15 is 0 Å². The Morgan fingerprint density at radius 1 is 0.857 bits per heavy atom. The molecule has 2 atom stereocenters. The van der Waals surface area contributed by atoms with Crippen LogP contribution in [0, 0.1) is 23.7 Å². The van der Waals surface area contributed by atoms with Gasteiger partial charge in [0, 0.05) is 12.3 Å². The average Bonchev–Trinajstić information content (AvgIpc) is 2.31. The summed E-state index contributed by atoms with van der Waals surface area (Å²) in [5.74, 6) is -13.4. The summed E-state index contributed by atoms with van der Waals surface area (Å²) in [5.41, 5.74) is 0. The van der Waals surface area contributed by atoms with Crippen LogP contribution in [0.4, 0.5) is 0 Å². The average molecular weight is 302 g/mol. The fraction of sp³-hybridized carbons (Fsp3) is 0.583. The third-order valence-corrected chi connectivity index (χ3v) is 3.67. The van der Waals surface area contributed by atoms with Crippen LogP contribution in [0.25, 0.3) is 0 Å². The van der Waals surface area contributed by atoms with Crippen LogP contribution in [0.2, 0.25) is 0 Å². The minimum atomic E-state index is -2.00. The number of hydrogen-bond acceptors (Lipinski definition) is 5. The van der Waals surface area contributed by atoms with Gasteiger partial charge in [0.15, 0.2) is 11.8 Å². The molecule has 0 radical (unpaired) electrons. The van der Waals surface area contributed by atoms with Gasteiger partial charge in [-0.15, -0.1) is 0 Å². The molecule has 0 bridgehead atoms. The highest BCUT2D eigenvalue weighted by Gasteiger charge is 2.46. The molecule has 0 saturated heterocycles. The predicted octanol–water partition coefficient (Wildman–Crippen LogP) is -0.457. The van der Waals surface area contributed by atoms with Crippen LogP contribution < -0.4 is 0 Å². The number of carboxylic acid groups (broad SMARTS) is 4. The second kappa shape index (κ2) is 6.33. The van der Waals surface area contributed by atoms with Crippen molar-refractivity contribution in [1.82, 2.24) is 0 Å². The van der Waals surface area contributed by atoms with E-state index in [9.17, 15) is 24.0 Å². The summed E-state index contributed by atoms with van der Waals surface area (Å²) >= 11 is 0. The van der Waals surface area contributed by atoms with Crippen molar-refractivity contribution in [2.75, 3.05) is 0 Å². The number of aliphatic carboxylic acids is 4. The van der Waals surface area contributed by atoms with Gasteiger partial charge in [0.05, 0.1) is 0 Å². The first-order valence-corrected chi connectivity index (χ1v) is 6.10. The SMILES string of the molecule is O=C1CCC(C(C(=O)O)C(=O)O)CC1C(C(=O)O)C(=O)O. The number of ketones is 1. The quantitative estimate of drug-likeness (QED) is 0.475. The van der Waals surface area contributed by atoms with E-state index in [0.29, 0.717) is 0 Å². The van der Waals surface area contributed by atoms with Crippen molar-refractivity contribution in [2.24, 2.45) is 23.7 Å². The van der Waals surface area contributed by atoms with Crippen molar-refractivity contribution in [1.29, 1.82) is 0 Å². The van der Waals surface area contributed by atoms with Gasteiger partial charge in [-0.25, -0.2) is 0 Å². The summed E-state index contributed by atoms with van der Waals surface area (Å²) in [6.07, 6.45) is -0.640. The fourth-order valence-electron chi connectivity index (χ4n) is 2.67. The van der Waals surface area contributed by atoms with Gasteiger partial charge in [0.1, 0.15) is 5.78 Å². The Balaban J connectivity index is 3.04. The number of hydrogen-bond donors (Lipinski definition) is 4. The second-order valence-electron chi connectivity index (χ2n) is 4.92. The van der Waals surface area contributed by atoms with E-state index < -0.39 is 53.3 Å². The maximum absolute atomic E-state index is 11.7. The van der Waals surface area contributed by atoms with E-state index in [-0.39, 0.29) is 19.3 Å². The van der Waals surface area contributed by atoms with Crippen molar-refractivity contribution in [2.45, 2.75) is 19.3 Å². The van der Waals surface area contributed by atoms with Crippen molar-refractivity contribution in [3.8, 4) is 0 Å². The molecule has 21 heavy (non-hydrogen) atoms. The molecule has 0 aliphatic heterocycles. The Morgan fingerprint density at radius 2 is 1.29 bits per heavy atom. The fourth-order valence-corrected chi connectivity index (χ4v) is 2.67. The molecule has 9 nitrogen and oxygen atoms in total. The lowest BCUT2D eigenvalue weighted by Crippen LogP contribution is -2.43. The highest BCUT2D eigenvalue weighted by Crippen LogP contribution is 2.36. The van der Waals surface area contributed by atoms with Crippen LogP contribution in [0.3, 0.4) is 0 Å². The number of carboxylic acids is 4. The summed E-state index contributed by atoms with van der Waals surface area (Å²) < 4.78 is 0. The third-order valence-electron chi connectivity index (χ3n) is 3.67. The smallest absolute Gasteiger partial charge is 0.318 e. The lowest BCUT2D eigenvalue weighted by molar-refractivity contribution is -0.162. The molecular weight excluding hydrogens is 288 g/mol. The number of Topliss-reactive ketones (excluding diaryl/α,β-unsaturated/α-hetero) is 1. The molecule has 1 aliphatic rings. The topological polar surface area (TPSA) is 166 Å². The third kappa shape index (κ3) is 3.56. The van der Waals surface area contributed by atoms with Crippen molar-refractivity contribution < 1.29 is 44.4 Å². The molecule has 1 fully saturated rings. The van der Waals surface area contributed by atoms with Gasteiger partial charge in [-0.05, 0) is 18.8 Å². The standard InChI is InChI=1S/C12H14O9/c13-6-2-1-4(7(9(14)15)10(16)17)3-5(6)8(11(18)19)12(20)21/h4-5,7-8H,1-3H2,(H,14,15)(H,16,17)(H,18,19)(H,20,21). The van der Waals surface area contributed by atoms with E-state index in [1.54, 1.807) is 0 Å². The minimum Gasteiger partial charge on any atom is -0.481 e. The zero-order chi connectivity index (χ0) is 16.3. The normalized spacial score (nSPS) is 22.3. The molecule has 0 heterocycles. The van der Waals surface area contributed by atoms with Gasteiger partial charge >= 0.3 is 23.9 Å². The van der Waals surface area contributed by atoms with E-state index in [2.05, 4.69) is 0 Å². The van der Waals surface area contributed by atoms with E-state index in [1.807, 2.05) is 0 Å². The van der Waals surface area contributed by atoms with E-state index in [1.165, 1.54) is 0 Å². The Hall–Kier alpha value is -2.45. The van der Waals surface area contributed by atoms with Gasteiger partial charge < -0.3 is 20.4 Å². The molecule has 9 heteroatoms. The molecule has 116 valence electrons.